The first-order valence-corrected chi connectivity index (χ1v) is 13.0. The van der Waals surface area contributed by atoms with Gasteiger partial charge in [-0.1, -0.05) is 0 Å². The Morgan fingerprint density at radius 2 is 1.89 bits per heavy atom. The van der Waals surface area contributed by atoms with E-state index in [2.05, 4.69) is 25.1 Å². The van der Waals surface area contributed by atoms with Crippen molar-refractivity contribution in [1.29, 1.82) is 0 Å². The molecule has 0 unspecified atom stereocenters. The number of H-pyrrole nitrogens is 1. The van der Waals surface area contributed by atoms with Crippen molar-refractivity contribution in [3.05, 3.63) is 42.1 Å². The molecule has 0 atom stereocenters. The van der Waals surface area contributed by atoms with Gasteiger partial charge in [-0.3, -0.25) is 9.78 Å². The average Bonchev–Trinajstić information content (AvgIpc) is 3.16. The minimum absolute atomic E-state index is 0. The predicted octanol–water partition coefficient (Wildman–Crippen LogP) is 1.97. The van der Waals surface area contributed by atoms with Crippen molar-refractivity contribution in [2.75, 3.05) is 60.4 Å². The van der Waals surface area contributed by atoms with E-state index >= 15 is 0 Å². The summed E-state index contributed by atoms with van der Waals surface area (Å²) in [5, 5.41) is 14.1. The lowest BCUT2D eigenvalue weighted by Crippen LogP contribution is -2.47. The van der Waals surface area contributed by atoms with E-state index in [-0.39, 0.29) is 29.1 Å². The van der Waals surface area contributed by atoms with Gasteiger partial charge in [0.2, 0.25) is 10.0 Å². The fourth-order valence-corrected chi connectivity index (χ4v) is 5.50. The fraction of sp³-hybridized carbons (Fsp3) is 0.417. The minimum Gasteiger partial charge on any atom is -0.494 e. The molecule has 36 heavy (non-hydrogen) atoms. The lowest BCUT2D eigenvalue weighted by molar-refractivity contribution is 0.0952. The number of likely N-dealkylation sites (N-methyl/N-ethyl adjacent to an activating group) is 1. The third-order valence-electron chi connectivity index (χ3n) is 6.20. The second-order valence-corrected chi connectivity index (χ2v) is 11.0. The topological polar surface area (TPSA) is 122 Å². The molecule has 1 aromatic carbocycles. The molecule has 2 aromatic heterocycles. The van der Waals surface area contributed by atoms with Gasteiger partial charge in [-0.25, -0.2) is 8.42 Å². The van der Waals surface area contributed by atoms with Crippen LogP contribution in [0.2, 0.25) is 0 Å². The highest BCUT2D eigenvalue weighted by molar-refractivity contribution is 7.89. The van der Waals surface area contributed by atoms with Crippen LogP contribution in [0.25, 0.3) is 22.2 Å². The van der Waals surface area contributed by atoms with Gasteiger partial charge in [0.15, 0.2) is 5.88 Å². The van der Waals surface area contributed by atoms with Crippen LogP contribution >= 0.6 is 12.4 Å². The third-order valence-corrected chi connectivity index (χ3v) is 8.08. The van der Waals surface area contributed by atoms with E-state index in [9.17, 15) is 18.3 Å². The zero-order valence-electron chi connectivity index (χ0n) is 20.7. The number of fused-ring (bicyclic) bond motifs is 1. The maximum Gasteiger partial charge on any atom is 0.251 e. The largest absolute Gasteiger partial charge is 0.494 e. The van der Waals surface area contributed by atoms with Gasteiger partial charge in [0.1, 0.15) is 4.90 Å². The summed E-state index contributed by atoms with van der Waals surface area (Å²) in [6.45, 7) is 3.67. The van der Waals surface area contributed by atoms with Crippen molar-refractivity contribution in [1.82, 2.24) is 29.4 Å². The van der Waals surface area contributed by atoms with Crippen LogP contribution < -0.4 is 5.32 Å². The first-order valence-electron chi connectivity index (χ1n) is 11.6. The number of pyridine rings is 1. The third kappa shape index (κ3) is 5.98. The van der Waals surface area contributed by atoms with E-state index in [0.29, 0.717) is 60.4 Å². The summed E-state index contributed by atoms with van der Waals surface area (Å²) in [6.07, 6.45) is 2.16. The van der Waals surface area contributed by atoms with Crippen molar-refractivity contribution in [2.24, 2.45) is 0 Å². The Morgan fingerprint density at radius 3 is 2.53 bits per heavy atom. The van der Waals surface area contributed by atoms with Crippen LogP contribution in [0.4, 0.5) is 0 Å². The van der Waals surface area contributed by atoms with E-state index in [1.165, 1.54) is 16.6 Å². The number of rotatable bonds is 8. The highest BCUT2D eigenvalue weighted by Gasteiger charge is 2.28. The SMILES string of the molecule is CN(C)CCCNC(=O)c1ccc2[nH]c(O)c(-c3ccc(S(=O)(=O)N4CCN(C)CC4)cn3)c2c1.Cl. The number of aromatic hydroxyl groups is 1. The Balaban J connectivity index is 0.00000361. The number of amides is 1. The summed E-state index contributed by atoms with van der Waals surface area (Å²) < 4.78 is 27.5. The minimum atomic E-state index is -3.64. The molecule has 0 bridgehead atoms. The van der Waals surface area contributed by atoms with E-state index in [1.807, 2.05) is 21.1 Å². The van der Waals surface area contributed by atoms with Gasteiger partial charge < -0.3 is 25.2 Å². The zero-order chi connectivity index (χ0) is 25.2. The van der Waals surface area contributed by atoms with E-state index < -0.39 is 10.0 Å². The number of hydrogen-bond donors (Lipinski definition) is 3. The molecule has 1 aliphatic heterocycles. The molecule has 0 radical (unpaired) electrons. The first-order chi connectivity index (χ1) is 16.7. The monoisotopic (exact) mass is 536 g/mol. The quantitative estimate of drug-likeness (QED) is 0.376. The highest BCUT2D eigenvalue weighted by Crippen LogP contribution is 2.36. The van der Waals surface area contributed by atoms with Crippen molar-refractivity contribution in [3.8, 4) is 17.1 Å². The Kier molecular flexibility index (Phi) is 8.96. The summed E-state index contributed by atoms with van der Waals surface area (Å²) in [5.74, 6) is -0.287. The second-order valence-electron chi connectivity index (χ2n) is 9.11. The molecule has 12 heteroatoms. The fourth-order valence-electron chi connectivity index (χ4n) is 4.14. The van der Waals surface area contributed by atoms with Crippen molar-refractivity contribution < 1.29 is 18.3 Å². The average molecular weight is 537 g/mol. The van der Waals surface area contributed by atoms with Gasteiger partial charge in [0.25, 0.3) is 5.91 Å². The number of halogens is 1. The predicted molar refractivity (Wildman–Crippen MR) is 142 cm³/mol. The standard InChI is InChI=1S/C24H32N6O4S.ClH/c1-28(2)10-4-9-25-23(31)17-5-7-20-19(15-17)22(24(32)27-20)21-8-6-18(16-26-21)35(33,34)30-13-11-29(3)12-14-30;/h5-8,15-16,27,32H,4,9-14H2,1-3H3,(H,25,31);1H. The Hall–Kier alpha value is -2.70. The number of benzene rings is 1. The molecule has 4 rings (SSSR count). The number of carbonyl (C=O) groups is 1. The Labute approximate surface area is 217 Å². The summed E-state index contributed by atoms with van der Waals surface area (Å²) in [7, 11) is 2.29. The number of nitrogens with zero attached hydrogens (tertiary/aromatic N) is 4. The van der Waals surface area contributed by atoms with Gasteiger partial charge >= 0.3 is 0 Å². The summed E-state index contributed by atoms with van der Waals surface area (Å²) in [4.78, 5) is 24.1. The number of piperazine rings is 1. The first kappa shape index (κ1) is 27.9. The number of carbonyl (C=O) groups excluding carboxylic acids is 1. The second kappa shape index (κ2) is 11.6. The van der Waals surface area contributed by atoms with Crippen LogP contribution in [0.5, 0.6) is 5.88 Å². The lowest BCUT2D eigenvalue weighted by Gasteiger charge is -2.31. The van der Waals surface area contributed by atoms with Crippen LogP contribution in [-0.4, -0.2) is 104 Å². The molecule has 0 spiro atoms. The molecule has 3 N–H and O–H groups in total. The molecule has 0 aliphatic carbocycles. The number of aromatic nitrogens is 2. The Bertz CT molecular complexity index is 1300. The molecule has 1 saturated heterocycles. The highest BCUT2D eigenvalue weighted by atomic mass is 35.5. The van der Waals surface area contributed by atoms with Crippen LogP contribution in [-0.2, 0) is 10.0 Å². The van der Waals surface area contributed by atoms with Gasteiger partial charge in [-0.2, -0.15) is 4.31 Å². The van der Waals surface area contributed by atoms with E-state index in [4.69, 9.17) is 0 Å². The van der Waals surface area contributed by atoms with Crippen molar-refractivity contribution in [2.45, 2.75) is 11.3 Å². The molecular weight excluding hydrogens is 504 g/mol. The van der Waals surface area contributed by atoms with Gasteiger partial charge in [0, 0.05) is 55.4 Å². The molecule has 0 saturated carbocycles. The molecule has 196 valence electrons. The molecule has 3 aromatic rings. The normalized spacial score (nSPS) is 15.2. The van der Waals surface area contributed by atoms with Gasteiger partial charge in [0.05, 0.1) is 11.3 Å². The smallest absolute Gasteiger partial charge is 0.251 e. The molecular formula is C24H33ClN6O4S. The number of hydrogen-bond acceptors (Lipinski definition) is 7. The zero-order valence-corrected chi connectivity index (χ0v) is 22.3. The van der Waals surface area contributed by atoms with Crippen LogP contribution in [0.3, 0.4) is 0 Å². The van der Waals surface area contributed by atoms with Crippen LogP contribution in [0, 0.1) is 0 Å². The number of aromatic amines is 1. The molecule has 1 amide bonds. The van der Waals surface area contributed by atoms with E-state index in [1.54, 1.807) is 24.3 Å². The number of nitrogens with one attached hydrogen (secondary N) is 2. The molecule has 1 fully saturated rings. The van der Waals surface area contributed by atoms with Gasteiger partial charge in [-0.15, -0.1) is 12.4 Å². The lowest BCUT2D eigenvalue weighted by atomic mass is 10.1. The molecule has 3 heterocycles. The maximum atomic E-state index is 13.0. The van der Waals surface area contributed by atoms with Crippen molar-refractivity contribution in [3.63, 3.8) is 0 Å². The maximum absolute atomic E-state index is 13.0. The Morgan fingerprint density at radius 1 is 1.17 bits per heavy atom. The number of sulfonamides is 1. The summed E-state index contributed by atoms with van der Waals surface area (Å²) >= 11 is 0. The molecule has 1 aliphatic rings. The summed E-state index contributed by atoms with van der Waals surface area (Å²) in [6, 6.07) is 8.23. The van der Waals surface area contributed by atoms with E-state index in [0.717, 1.165) is 13.0 Å². The van der Waals surface area contributed by atoms with Crippen LogP contribution in [0.1, 0.15) is 16.8 Å². The van der Waals surface area contributed by atoms with Crippen molar-refractivity contribution >= 4 is 39.2 Å². The van der Waals surface area contributed by atoms with Gasteiger partial charge in [-0.05, 0) is 64.4 Å². The summed E-state index contributed by atoms with van der Waals surface area (Å²) in [5.41, 5.74) is 1.95. The molecule has 10 nitrogen and oxygen atoms in total. The van der Waals surface area contributed by atoms with Crippen LogP contribution in [0.15, 0.2) is 41.4 Å².